The van der Waals surface area contributed by atoms with Gasteiger partial charge in [0.25, 0.3) is 0 Å². The topological polar surface area (TPSA) is 20.3 Å². The molecule has 1 heterocycles. The van der Waals surface area contributed by atoms with Crippen molar-refractivity contribution in [3.05, 3.63) is 35.4 Å². The van der Waals surface area contributed by atoms with E-state index in [0.29, 0.717) is 0 Å². The SMILES string of the molecule is CC(C)N1CCc2ccccc2C(C(C)(C)C)C1=O. The lowest BCUT2D eigenvalue weighted by Gasteiger charge is -2.35. The molecule has 0 aromatic heterocycles. The van der Waals surface area contributed by atoms with Crippen LogP contribution in [0.5, 0.6) is 0 Å². The third-order valence-corrected chi connectivity index (χ3v) is 4.01. The zero-order valence-electron chi connectivity index (χ0n) is 12.7. The van der Waals surface area contributed by atoms with Crippen LogP contribution in [0.4, 0.5) is 0 Å². The molecule has 0 saturated carbocycles. The number of fused-ring (bicyclic) bond motifs is 1. The van der Waals surface area contributed by atoms with Crippen LogP contribution < -0.4 is 0 Å². The number of hydrogen-bond acceptors (Lipinski definition) is 1. The summed E-state index contributed by atoms with van der Waals surface area (Å²) < 4.78 is 0. The first-order chi connectivity index (χ1) is 8.82. The maximum absolute atomic E-state index is 12.9. The van der Waals surface area contributed by atoms with Crippen molar-refractivity contribution in [1.29, 1.82) is 0 Å². The van der Waals surface area contributed by atoms with Crippen LogP contribution >= 0.6 is 0 Å². The molecule has 0 N–H and O–H groups in total. The minimum Gasteiger partial charge on any atom is -0.339 e. The van der Waals surface area contributed by atoms with Crippen molar-refractivity contribution in [2.75, 3.05) is 6.54 Å². The molecule has 2 heteroatoms. The Morgan fingerprint density at radius 1 is 1.21 bits per heavy atom. The summed E-state index contributed by atoms with van der Waals surface area (Å²) in [5.41, 5.74) is 2.51. The molecular weight excluding hydrogens is 234 g/mol. The zero-order chi connectivity index (χ0) is 14.2. The van der Waals surface area contributed by atoms with Crippen LogP contribution in [0.3, 0.4) is 0 Å². The fourth-order valence-electron chi connectivity index (χ4n) is 3.04. The van der Waals surface area contributed by atoms with Crippen molar-refractivity contribution >= 4 is 5.91 Å². The fraction of sp³-hybridized carbons (Fsp3) is 0.588. The summed E-state index contributed by atoms with van der Waals surface area (Å²) >= 11 is 0. The van der Waals surface area contributed by atoms with Crippen molar-refractivity contribution in [3.63, 3.8) is 0 Å². The maximum Gasteiger partial charge on any atom is 0.230 e. The van der Waals surface area contributed by atoms with Gasteiger partial charge in [-0.1, -0.05) is 45.0 Å². The van der Waals surface area contributed by atoms with Gasteiger partial charge in [-0.25, -0.2) is 0 Å². The van der Waals surface area contributed by atoms with Crippen LogP contribution in [-0.4, -0.2) is 23.4 Å². The third kappa shape index (κ3) is 2.68. The third-order valence-electron chi connectivity index (χ3n) is 4.01. The van der Waals surface area contributed by atoms with Crippen LogP contribution in [0.2, 0.25) is 0 Å². The molecular formula is C17H25NO. The number of carbonyl (C=O) groups is 1. The molecule has 0 aliphatic carbocycles. The zero-order valence-corrected chi connectivity index (χ0v) is 12.7. The summed E-state index contributed by atoms with van der Waals surface area (Å²) in [7, 11) is 0. The predicted molar refractivity (Wildman–Crippen MR) is 79.2 cm³/mol. The Balaban J connectivity index is 2.53. The Morgan fingerprint density at radius 2 is 1.84 bits per heavy atom. The highest BCUT2D eigenvalue weighted by Gasteiger charge is 2.39. The molecule has 0 bridgehead atoms. The monoisotopic (exact) mass is 259 g/mol. The van der Waals surface area contributed by atoms with Gasteiger partial charge in [0, 0.05) is 12.6 Å². The normalized spacial score (nSPS) is 20.4. The molecule has 1 atom stereocenters. The van der Waals surface area contributed by atoms with E-state index in [4.69, 9.17) is 0 Å². The van der Waals surface area contributed by atoms with Crippen molar-refractivity contribution in [3.8, 4) is 0 Å². The second kappa shape index (κ2) is 4.99. The molecule has 0 radical (unpaired) electrons. The van der Waals surface area contributed by atoms with E-state index in [9.17, 15) is 4.79 Å². The Bertz CT molecular complexity index is 470. The molecule has 1 aromatic carbocycles. The van der Waals surface area contributed by atoms with Gasteiger partial charge in [-0.3, -0.25) is 4.79 Å². The molecule has 2 nitrogen and oxygen atoms in total. The first-order valence-corrected chi connectivity index (χ1v) is 7.20. The first-order valence-electron chi connectivity index (χ1n) is 7.20. The lowest BCUT2D eigenvalue weighted by Crippen LogP contribution is -2.42. The quantitative estimate of drug-likeness (QED) is 0.754. The molecule has 0 fully saturated rings. The Kier molecular flexibility index (Phi) is 3.71. The van der Waals surface area contributed by atoms with Gasteiger partial charge in [0.1, 0.15) is 0 Å². The van der Waals surface area contributed by atoms with Gasteiger partial charge in [0.05, 0.1) is 5.92 Å². The number of carbonyl (C=O) groups excluding carboxylic acids is 1. The van der Waals surface area contributed by atoms with E-state index in [1.54, 1.807) is 0 Å². The van der Waals surface area contributed by atoms with Gasteiger partial charge in [-0.05, 0) is 36.8 Å². The van der Waals surface area contributed by atoms with Gasteiger partial charge < -0.3 is 4.90 Å². The van der Waals surface area contributed by atoms with E-state index in [1.807, 2.05) is 4.90 Å². The molecule has 2 rings (SSSR count). The molecule has 1 unspecified atom stereocenters. The van der Waals surface area contributed by atoms with Crippen LogP contribution in [0, 0.1) is 5.41 Å². The lowest BCUT2D eigenvalue weighted by molar-refractivity contribution is -0.136. The summed E-state index contributed by atoms with van der Waals surface area (Å²) in [6, 6.07) is 8.70. The van der Waals surface area contributed by atoms with Crippen LogP contribution in [-0.2, 0) is 11.2 Å². The van der Waals surface area contributed by atoms with E-state index in [2.05, 4.69) is 58.9 Å². The summed E-state index contributed by atoms with van der Waals surface area (Å²) in [4.78, 5) is 15.0. The standard InChI is InChI=1S/C17H25NO/c1-12(2)18-11-10-13-8-6-7-9-14(13)15(16(18)19)17(3,4)5/h6-9,12,15H,10-11H2,1-5H3. The number of benzene rings is 1. The Labute approximate surface area is 116 Å². The highest BCUT2D eigenvalue weighted by Crippen LogP contribution is 2.40. The average molecular weight is 259 g/mol. The van der Waals surface area contributed by atoms with Crippen molar-refractivity contribution in [2.24, 2.45) is 5.41 Å². The van der Waals surface area contributed by atoms with Crippen LogP contribution in [0.15, 0.2) is 24.3 Å². The van der Waals surface area contributed by atoms with Crippen LogP contribution in [0.25, 0.3) is 0 Å². The molecule has 0 spiro atoms. The smallest absolute Gasteiger partial charge is 0.230 e. The number of nitrogens with zero attached hydrogens (tertiary/aromatic N) is 1. The molecule has 1 amide bonds. The van der Waals surface area contributed by atoms with Gasteiger partial charge in [0.2, 0.25) is 5.91 Å². The van der Waals surface area contributed by atoms with Gasteiger partial charge in [-0.2, -0.15) is 0 Å². The summed E-state index contributed by atoms with van der Waals surface area (Å²) in [6.07, 6.45) is 0.965. The minimum atomic E-state index is -0.0509. The van der Waals surface area contributed by atoms with Crippen molar-refractivity contribution in [1.82, 2.24) is 4.90 Å². The Hall–Kier alpha value is -1.31. The lowest BCUT2D eigenvalue weighted by atomic mass is 9.74. The van der Waals surface area contributed by atoms with E-state index < -0.39 is 0 Å². The number of rotatable bonds is 1. The van der Waals surface area contributed by atoms with Gasteiger partial charge in [0.15, 0.2) is 0 Å². The van der Waals surface area contributed by atoms with E-state index in [1.165, 1.54) is 11.1 Å². The molecule has 1 aliphatic rings. The minimum absolute atomic E-state index is 0.0337. The van der Waals surface area contributed by atoms with Gasteiger partial charge in [-0.15, -0.1) is 0 Å². The molecule has 104 valence electrons. The summed E-state index contributed by atoms with van der Waals surface area (Å²) in [5, 5.41) is 0. The van der Waals surface area contributed by atoms with Crippen molar-refractivity contribution in [2.45, 2.75) is 53.0 Å². The molecule has 1 aliphatic heterocycles. The molecule has 1 aromatic rings. The predicted octanol–water partition coefficient (Wildman–Crippen LogP) is 3.61. The maximum atomic E-state index is 12.9. The summed E-state index contributed by atoms with van der Waals surface area (Å²) in [5.74, 6) is 0.251. The van der Waals surface area contributed by atoms with E-state index in [-0.39, 0.29) is 23.3 Å². The second-order valence-electron chi connectivity index (χ2n) is 6.87. The van der Waals surface area contributed by atoms with E-state index in [0.717, 1.165) is 13.0 Å². The second-order valence-corrected chi connectivity index (χ2v) is 6.87. The number of hydrogen-bond donors (Lipinski definition) is 0. The van der Waals surface area contributed by atoms with Crippen LogP contribution in [0.1, 0.15) is 51.7 Å². The largest absolute Gasteiger partial charge is 0.339 e. The average Bonchev–Trinajstić information content (AvgIpc) is 2.43. The highest BCUT2D eigenvalue weighted by molar-refractivity contribution is 5.86. The molecule has 19 heavy (non-hydrogen) atoms. The first kappa shape index (κ1) is 14.1. The van der Waals surface area contributed by atoms with E-state index >= 15 is 0 Å². The van der Waals surface area contributed by atoms with Gasteiger partial charge >= 0.3 is 0 Å². The fourth-order valence-corrected chi connectivity index (χ4v) is 3.04. The highest BCUT2D eigenvalue weighted by atomic mass is 16.2. The number of amides is 1. The Morgan fingerprint density at radius 3 is 2.42 bits per heavy atom. The van der Waals surface area contributed by atoms with Crippen molar-refractivity contribution < 1.29 is 4.79 Å². The summed E-state index contributed by atoms with van der Waals surface area (Å²) in [6.45, 7) is 11.5. The molecule has 0 saturated heterocycles.